The van der Waals surface area contributed by atoms with Crippen LogP contribution in [0.4, 0.5) is 46.5 Å². The van der Waals surface area contributed by atoms with Crippen LogP contribution in [0.5, 0.6) is 0 Å². The molecule has 2 fully saturated rings. The predicted octanol–water partition coefficient (Wildman–Crippen LogP) is 16.7. The molecular formula is C94H100N20O7. The van der Waals surface area contributed by atoms with Gasteiger partial charge in [-0.15, -0.1) is 0 Å². The number of hydrogen-bond acceptors (Lipinski definition) is 19. The average Bonchev–Trinajstić information content (AvgIpc) is 1.65. The number of aliphatic hydroxyl groups excluding tert-OH is 2. The number of carbonyl (C=O) groups excluding carboxylic acids is 4. The van der Waals surface area contributed by atoms with Crippen molar-refractivity contribution < 1.29 is 34.1 Å². The Morgan fingerprint density at radius 2 is 0.736 bits per heavy atom. The van der Waals surface area contributed by atoms with E-state index in [1.54, 1.807) is 24.8 Å². The van der Waals surface area contributed by atoms with Gasteiger partial charge in [-0.3, -0.25) is 19.2 Å². The topological polar surface area (TPSA) is 380 Å². The average molecular weight is 1620 g/mol. The molecule has 0 spiro atoms. The summed E-state index contributed by atoms with van der Waals surface area (Å²) >= 11 is 0. The zero-order chi connectivity index (χ0) is 84.8. The summed E-state index contributed by atoms with van der Waals surface area (Å²) in [5, 5.41) is 44.8. The van der Waals surface area contributed by atoms with Gasteiger partial charge < -0.3 is 77.4 Å². The lowest BCUT2D eigenvalue weighted by Gasteiger charge is -2.27. The van der Waals surface area contributed by atoms with E-state index in [1.807, 2.05) is 262 Å². The van der Waals surface area contributed by atoms with E-state index in [2.05, 4.69) is 102 Å². The third kappa shape index (κ3) is 21.7. The lowest BCUT2D eigenvalue weighted by Crippen LogP contribution is -2.49. The third-order valence-corrected chi connectivity index (χ3v) is 21.1. The molecule has 0 radical (unpaired) electrons. The fourth-order valence-corrected chi connectivity index (χ4v) is 15.0. The van der Waals surface area contributed by atoms with E-state index in [0.717, 1.165) is 163 Å². The number of nitrogens with one attached hydrogen (secondary N) is 12. The molecule has 2 atom stereocenters. The van der Waals surface area contributed by atoms with Crippen molar-refractivity contribution in [3.8, 4) is 45.0 Å². The molecule has 2 unspecified atom stereocenters. The Morgan fingerprint density at radius 3 is 1.07 bits per heavy atom. The molecule has 618 valence electrons. The number of nitrogens with zero attached hydrogens (tertiary/aromatic N) is 8. The van der Waals surface area contributed by atoms with Gasteiger partial charge in [0, 0.05) is 119 Å². The van der Waals surface area contributed by atoms with Crippen LogP contribution in [0.2, 0.25) is 0 Å². The summed E-state index contributed by atoms with van der Waals surface area (Å²) in [7, 11) is 0. The fourth-order valence-electron chi connectivity index (χ4n) is 15.0. The van der Waals surface area contributed by atoms with Crippen molar-refractivity contribution in [3.05, 3.63) is 310 Å². The van der Waals surface area contributed by atoms with Gasteiger partial charge in [-0.25, -0.2) is 39.9 Å². The quantitative estimate of drug-likeness (QED) is 0.0253. The maximum atomic E-state index is 13.0. The van der Waals surface area contributed by atoms with E-state index in [0.29, 0.717) is 65.4 Å². The summed E-state index contributed by atoms with van der Waals surface area (Å²) in [5.41, 5.74) is 20.4. The first-order chi connectivity index (χ1) is 58.8. The van der Waals surface area contributed by atoms with Crippen LogP contribution in [0.3, 0.4) is 0 Å². The van der Waals surface area contributed by atoms with Gasteiger partial charge >= 0.3 is 0 Å². The number of anilines is 8. The number of ether oxygens (including phenoxy) is 1. The number of amides is 4. The molecule has 1 aliphatic heterocycles. The highest BCUT2D eigenvalue weighted by molar-refractivity contribution is 5.99. The van der Waals surface area contributed by atoms with Gasteiger partial charge in [0.15, 0.2) is 0 Å². The Labute approximate surface area is 702 Å². The number of aliphatic hydroxyl groups is 2. The monoisotopic (exact) mass is 1620 g/mol. The molecule has 8 aromatic heterocycles. The molecule has 27 nitrogen and oxygen atoms in total. The molecule has 14 N–H and O–H groups in total. The highest BCUT2D eigenvalue weighted by atomic mass is 16.5. The second-order valence-corrected chi connectivity index (χ2v) is 29.8. The Kier molecular flexibility index (Phi) is 28.1. The number of aromatic amines is 4. The van der Waals surface area contributed by atoms with Gasteiger partial charge in [0.25, 0.3) is 23.6 Å². The molecule has 4 amide bonds. The van der Waals surface area contributed by atoms with E-state index in [4.69, 9.17) is 4.74 Å². The number of rotatable bonds is 25. The summed E-state index contributed by atoms with van der Waals surface area (Å²) in [6.45, 7) is 17.3. The van der Waals surface area contributed by atoms with E-state index < -0.39 is 11.6 Å². The Bertz CT molecular complexity index is 5810. The molecule has 121 heavy (non-hydrogen) atoms. The number of para-hydroxylation sites is 4. The number of carbonyl (C=O) groups is 4. The minimum atomic E-state index is -0.774. The van der Waals surface area contributed by atoms with Crippen molar-refractivity contribution in [2.75, 3.05) is 47.6 Å². The minimum absolute atomic E-state index is 0.0369. The molecule has 1 saturated heterocycles. The van der Waals surface area contributed by atoms with Gasteiger partial charge in [0.2, 0.25) is 23.8 Å². The van der Waals surface area contributed by atoms with Crippen LogP contribution in [-0.4, -0.2) is 132 Å². The first kappa shape index (κ1) is 84.6. The van der Waals surface area contributed by atoms with Crippen LogP contribution >= 0.6 is 0 Å². The van der Waals surface area contributed by atoms with Gasteiger partial charge in [-0.1, -0.05) is 146 Å². The molecule has 0 bridgehead atoms. The molecule has 9 heterocycles. The highest BCUT2D eigenvalue weighted by Crippen LogP contribution is 2.36. The van der Waals surface area contributed by atoms with E-state index in [1.165, 1.54) is 0 Å². The Balaban J connectivity index is 0.000000139. The van der Waals surface area contributed by atoms with Crippen LogP contribution < -0.4 is 42.5 Å². The largest absolute Gasteiger partial charge is 0.394 e. The first-order valence-electron chi connectivity index (χ1n) is 40.3. The molecule has 16 rings (SSSR count). The van der Waals surface area contributed by atoms with E-state index in [-0.39, 0.29) is 42.9 Å². The SMILES string of the molecule is Cc1[nH]c(C(=O)NC2(CO)CCCC2)c(C)c1-c1ccnc(Nc2ccccc2)n1.Cc1[nH]c(C(=O)NCC(O)c2ccccc2)c(C)c1-c1ccnc(Nc2ccccc2)n1.Cc1[nH]c(C(=O)NCC2CCCO2)c(C)c1-c1ccnc(Nc2ccccc2)n1.Cc1[nH]c(C(=O)NCc2ccccc2)c(C)c1-c1ccnc(Nc2ccccc2)n1. The number of hydrogen-bond donors (Lipinski definition) is 14. The predicted molar refractivity (Wildman–Crippen MR) is 472 cm³/mol. The smallest absolute Gasteiger partial charge is 0.268 e. The molecule has 2 aliphatic rings. The van der Waals surface area contributed by atoms with Crippen molar-refractivity contribution >= 4 is 70.2 Å². The summed E-state index contributed by atoms with van der Waals surface area (Å²) in [6, 6.07) is 65.5. The standard InChI is InChI=1S/C25H25N5O2.C24H23N5O.C23H27N5O2.C22H25N5O2/c1-16-22(20-13-14-26-25(30-20)29-19-11-7-4-8-12-19)17(2)28-23(16)24(32)27-15-21(31)18-9-5-3-6-10-18;1-16-21(20-13-14-25-24(29-20)28-19-11-7-4-8-12-19)17(2)27-22(16)23(30)26-15-18-9-5-3-6-10-18;1-15-19(18-10-13-24-22(27-18)26-17-8-4-3-5-9-17)16(2)25-20(15)21(30)28-23(14-29)11-6-7-12-23;1-14-19(15(2)25-20(14)21(28)24-13-17-9-6-12-29-17)18-10-11-23-22(27-18)26-16-7-4-3-5-8-16/h3-14,21,28,31H,15H2,1-2H3,(H,27,32)(H,26,29,30);3-14,27H,15H2,1-2H3,(H,26,30)(H,25,28,29);3-5,8-10,13,25,29H,6-7,11-12,14H2,1-2H3,(H,28,30)(H,24,26,27);3-5,7-8,10-11,17,25H,6,9,12-13H2,1-2H3,(H,24,28)(H,23,26,27). The normalized spacial score (nSPS) is 13.3. The zero-order valence-electron chi connectivity index (χ0n) is 68.9. The van der Waals surface area contributed by atoms with Crippen molar-refractivity contribution in [3.63, 3.8) is 0 Å². The highest BCUT2D eigenvalue weighted by Gasteiger charge is 2.36. The van der Waals surface area contributed by atoms with Gasteiger partial charge in [-0.2, -0.15) is 0 Å². The summed E-state index contributed by atoms with van der Waals surface area (Å²) < 4.78 is 5.58. The lowest BCUT2D eigenvalue weighted by molar-refractivity contribution is 0.0831. The van der Waals surface area contributed by atoms with Crippen LogP contribution in [0.1, 0.15) is 143 Å². The van der Waals surface area contributed by atoms with Crippen molar-refractivity contribution in [1.82, 2.24) is 81.1 Å². The summed E-state index contributed by atoms with van der Waals surface area (Å²) in [5.74, 6) is 1.27. The lowest BCUT2D eigenvalue weighted by atomic mass is 9.98. The molecule has 27 heteroatoms. The molecule has 6 aromatic carbocycles. The maximum absolute atomic E-state index is 13.0. The zero-order valence-corrected chi connectivity index (χ0v) is 68.9. The van der Waals surface area contributed by atoms with Crippen LogP contribution in [0.15, 0.2) is 231 Å². The summed E-state index contributed by atoms with van der Waals surface area (Å²) in [6.07, 6.45) is 11.9. The molecule has 14 aromatic rings. The third-order valence-electron chi connectivity index (χ3n) is 21.1. The Hall–Kier alpha value is -14.3. The van der Waals surface area contributed by atoms with Crippen LogP contribution in [0.25, 0.3) is 45.0 Å². The van der Waals surface area contributed by atoms with E-state index >= 15 is 0 Å². The van der Waals surface area contributed by atoms with Gasteiger partial charge in [-0.05, 0) is 187 Å². The maximum Gasteiger partial charge on any atom is 0.268 e. The number of aromatic nitrogens is 12. The molecule has 1 saturated carbocycles. The first-order valence-corrected chi connectivity index (χ1v) is 40.3. The molecule has 1 aliphatic carbocycles. The second-order valence-electron chi connectivity index (χ2n) is 29.8. The van der Waals surface area contributed by atoms with Crippen LogP contribution in [-0.2, 0) is 11.3 Å². The van der Waals surface area contributed by atoms with Crippen molar-refractivity contribution in [2.45, 2.75) is 118 Å². The van der Waals surface area contributed by atoms with Gasteiger partial charge in [0.05, 0.1) is 47.1 Å². The second kappa shape index (κ2) is 40.2. The van der Waals surface area contributed by atoms with Crippen LogP contribution in [0, 0.1) is 55.4 Å². The number of benzene rings is 6. The van der Waals surface area contributed by atoms with E-state index in [9.17, 15) is 29.4 Å². The van der Waals surface area contributed by atoms with Gasteiger partial charge in [0.1, 0.15) is 22.8 Å². The minimum Gasteiger partial charge on any atom is -0.394 e. The Morgan fingerprint density at radius 1 is 0.413 bits per heavy atom. The van der Waals surface area contributed by atoms with Crippen molar-refractivity contribution in [2.24, 2.45) is 0 Å². The fraction of sp³-hybridized carbons (Fsp3) is 0.234. The van der Waals surface area contributed by atoms with Crippen molar-refractivity contribution in [1.29, 1.82) is 0 Å². The molecular weight excluding hydrogens is 1520 g/mol. The number of aryl methyl sites for hydroxylation is 4. The number of H-pyrrole nitrogens is 4. The summed E-state index contributed by atoms with van der Waals surface area (Å²) in [4.78, 5) is 99.9.